The normalized spacial score (nSPS) is 12.2. The Kier molecular flexibility index (Phi) is 5.09. The van der Waals surface area contributed by atoms with E-state index in [-0.39, 0.29) is 11.6 Å². The predicted molar refractivity (Wildman–Crippen MR) is 70.2 cm³/mol. The molecular formula is C13H20N2O3. The lowest BCUT2D eigenvalue weighted by Gasteiger charge is -2.18. The minimum absolute atomic E-state index is 0.143. The second-order valence-corrected chi connectivity index (χ2v) is 4.40. The molecule has 0 aliphatic carbocycles. The number of nitrogens with zero attached hydrogens (tertiary/aromatic N) is 1. The first-order valence-electron chi connectivity index (χ1n) is 5.92. The Morgan fingerprint density at radius 1 is 1.56 bits per heavy atom. The summed E-state index contributed by atoms with van der Waals surface area (Å²) in [5.74, 6) is -0.957. The maximum atomic E-state index is 11.2. The van der Waals surface area contributed by atoms with Crippen molar-refractivity contribution in [2.45, 2.75) is 33.2 Å². The Hall–Kier alpha value is -1.62. The van der Waals surface area contributed by atoms with Crippen molar-refractivity contribution in [3.8, 4) is 0 Å². The number of anilines is 1. The monoisotopic (exact) mass is 252 g/mol. The highest BCUT2D eigenvalue weighted by Crippen LogP contribution is 2.21. The zero-order valence-corrected chi connectivity index (χ0v) is 11.3. The standard InChI is InChI=1S/C13H20N2O3/c1-8(5-6-18-4)15-11-7-9(2)14-10(3)12(11)13(16)17/h7-8H,5-6H2,1-4H3,(H,14,15)(H,16,17). The van der Waals surface area contributed by atoms with Gasteiger partial charge < -0.3 is 15.2 Å². The summed E-state index contributed by atoms with van der Waals surface area (Å²) >= 11 is 0. The number of hydrogen-bond acceptors (Lipinski definition) is 4. The topological polar surface area (TPSA) is 71.5 Å². The second-order valence-electron chi connectivity index (χ2n) is 4.40. The molecule has 1 unspecified atom stereocenters. The summed E-state index contributed by atoms with van der Waals surface area (Å²) in [6.45, 7) is 6.19. The molecule has 5 nitrogen and oxygen atoms in total. The average Bonchev–Trinajstić information content (AvgIpc) is 2.24. The van der Waals surface area contributed by atoms with E-state index < -0.39 is 5.97 Å². The van der Waals surface area contributed by atoms with Crippen LogP contribution in [0.5, 0.6) is 0 Å². The maximum Gasteiger partial charge on any atom is 0.339 e. The van der Waals surface area contributed by atoms with Crippen LogP contribution in [0.4, 0.5) is 5.69 Å². The molecule has 0 aromatic carbocycles. The van der Waals surface area contributed by atoms with Gasteiger partial charge in [-0.2, -0.15) is 0 Å². The molecule has 0 saturated carbocycles. The number of carboxylic acid groups (broad SMARTS) is 1. The predicted octanol–water partition coefficient (Wildman–Crippen LogP) is 2.23. The van der Waals surface area contributed by atoms with Gasteiger partial charge in [0.25, 0.3) is 0 Å². The molecule has 0 bridgehead atoms. The molecule has 100 valence electrons. The molecule has 0 amide bonds. The first kappa shape index (κ1) is 14.4. The molecule has 0 aliphatic heterocycles. The first-order chi connectivity index (χ1) is 8.45. The second kappa shape index (κ2) is 6.35. The number of carboxylic acids is 1. The average molecular weight is 252 g/mol. The number of hydrogen-bond donors (Lipinski definition) is 2. The Balaban J connectivity index is 2.96. The van der Waals surface area contributed by atoms with E-state index in [0.29, 0.717) is 18.0 Å². The molecule has 1 aromatic heterocycles. The summed E-state index contributed by atoms with van der Waals surface area (Å²) in [5.41, 5.74) is 2.20. The van der Waals surface area contributed by atoms with Gasteiger partial charge in [0.15, 0.2) is 0 Å². The van der Waals surface area contributed by atoms with Crippen LogP contribution >= 0.6 is 0 Å². The fourth-order valence-electron chi connectivity index (χ4n) is 1.84. The third kappa shape index (κ3) is 3.70. The number of methoxy groups -OCH3 is 1. The molecule has 0 fully saturated rings. The lowest BCUT2D eigenvalue weighted by molar-refractivity contribution is 0.0696. The third-order valence-corrected chi connectivity index (χ3v) is 2.70. The van der Waals surface area contributed by atoms with E-state index in [1.807, 2.05) is 13.8 Å². The van der Waals surface area contributed by atoms with E-state index >= 15 is 0 Å². The van der Waals surface area contributed by atoms with E-state index in [1.165, 1.54) is 0 Å². The van der Waals surface area contributed by atoms with Gasteiger partial charge in [0.1, 0.15) is 5.56 Å². The van der Waals surface area contributed by atoms with Crippen molar-refractivity contribution in [1.29, 1.82) is 0 Å². The smallest absolute Gasteiger partial charge is 0.339 e. The summed E-state index contributed by atoms with van der Waals surface area (Å²) < 4.78 is 5.01. The molecule has 0 saturated heterocycles. The Morgan fingerprint density at radius 3 is 2.78 bits per heavy atom. The maximum absolute atomic E-state index is 11.2. The Bertz CT molecular complexity index is 432. The van der Waals surface area contributed by atoms with Gasteiger partial charge in [0.2, 0.25) is 0 Å². The van der Waals surface area contributed by atoms with Crippen molar-refractivity contribution in [2.75, 3.05) is 19.0 Å². The number of ether oxygens (including phenoxy) is 1. The summed E-state index contributed by atoms with van der Waals surface area (Å²) in [5, 5.41) is 12.4. The van der Waals surface area contributed by atoms with E-state index in [9.17, 15) is 9.90 Å². The number of carbonyl (C=O) groups is 1. The van der Waals surface area contributed by atoms with Crippen molar-refractivity contribution in [2.24, 2.45) is 0 Å². The van der Waals surface area contributed by atoms with Gasteiger partial charge in [-0.25, -0.2) is 4.79 Å². The Labute approximate surface area is 107 Å². The molecule has 1 aromatic rings. The van der Waals surface area contributed by atoms with Crippen LogP contribution in [0.3, 0.4) is 0 Å². The Morgan fingerprint density at radius 2 is 2.22 bits per heavy atom. The summed E-state index contributed by atoms with van der Waals surface area (Å²) in [6, 6.07) is 1.91. The van der Waals surface area contributed by atoms with Gasteiger partial charge in [-0.05, 0) is 33.3 Å². The number of rotatable bonds is 6. The van der Waals surface area contributed by atoms with Crippen LogP contribution in [0.2, 0.25) is 0 Å². The molecule has 1 atom stereocenters. The van der Waals surface area contributed by atoms with Crippen LogP contribution in [-0.2, 0) is 4.74 Å². The van der Waals surface area contributed by atoms with Crippen LogP contribution in [0.25, 0.3) is 0 Å². The van der Waals surface area contributed by atoms with Crippen molar-refractivity contribution in [3.63, 3.8) is 0 Å². The number of nitrogens with one attached hydrogen (secondary N) is 1. The summed E-state index contributed by atoms with van der Waals surface area (Å²) in [4.78, 5) is 15.4. The lowest BCUT2D eigenvalue weighted by Crippen LogP contribution is -2.20. The first-order valence-corrected chi connectivity index (χ1v) is 5.92. The number of aromatic carboxylic acids is 1. The van der Waals surface area contributed by atoms with E-state index in [2.05, 4.69) is 10.3 Å². The van der Waals surface area contributed by atoms with Crippen molar-refractivity contribution < 1.29 is 14.6 Å². The van der Waals surface area contributed by atoms with Gasteiger partial charge in [-0.15, -0.1) is 0 Å². The molecule has 0 aliphatic rings. The van der Waals surface area contributed by atoms with E-state index in [0.717, 1.165) is 12.1 Å². The van der Waals surface area contributed by atoms with Crippen molar-refractivity contribution >= 4 is 11.7 Å². The zero-order chi connectivity index (χ0) is 13.7. The minimum atomic E-state index is -0.957. The van der Waals surface area contributed by atoms with E-state index in [4.69, 9.17) is 4.74 Å². The van der Waals surface area contributed by atoms with Crippen LogP contribution < -0.4 is 5.32 Å². The molecule has 0 spiro atoms. The molecule has 1 heterocycles. The molecule has 18 heavy (non-hydrogen) atoms. The van der Waals surface area contributed by atoms with Gasteiger partial charge >= 0.3 is 5.97 Å². The van der Waals surface area contributed by atoms with Crippen LogP contribution in [0, 0.1) is 13.8 Å². The molecule has 0 radical (unpaired) electrons. The van der Waals surface area contributed by atoms with Gasteiger partial charge in [0.05, 0.1) is 11.4 Å². The van der Waals surface area contributed by atoms with Crippen molar-refractivity contribution in [1.82, 2.24) is 4.98 Å². The number of aryl methyl sites for hydroxylation is 2. The summed E-state index contributed by atoms with van der Waals surface area (Å²) in [7, 11) is 1.65. The van der Waals surface area contributed by atoms with Crippen LogP contribution in [0.15, 0.2) is 6.07 Å². The fourth-order valence-corrected chi connectivity index (χ4v) is 1.84. The minimum Gasteiger partial charge on any atom is -0.478 e. The molecule has 2 N–H and O–H groups in total. The number of aromatic nitrogens is 1. The quantitative estimate of drug-likeness (QED) is 0.812. The molecule has 5 heteroatoms. The SMILES string of the molecule is COCCC(C)Nc1cc(C)nc(C)c1C(=O)O. The van der Waals surface area contributed by atoms with Crippen LogP contribution in [0.1, 0.15) is 35.1 Å². The molecular weight excluding hydrogens is 232 g/mol. The third-order valence-electron chi connectivity index (χ3n) is 2.70. The lowest BCUT2D eigenvalue weighted by atomic mass is 10.1. The van der Waals surface area contributed by atoms with Gasteiger partial charge in [-0.1, -0.05) is 0 Å². The fraction of sp³-hybridized carbons (Fsp3) is 0.538. The zero-order valence-electron chi connectivity index (χ0n) is 11.3. The van der Waals surface area contributed by atoms with Gasteiger partial charge in [-0.3, -0.25) is 4.98 Å². The van der Waals surface area contributed by atoms with Crippen LogP contribution in [-0.4, -0.2) is 35.8 Å². The highest BCUT2D eigenvalue weighted by Gasteiger charge is 2.16. The molecule has 1 rings (SSSR count). The van der Waals surface area contributed by atoms with Gasteiger partial charge in [0, 0.05) is 25.5 Å². The highest BCUT2D eigenvalue weighted by molar-refractivity contribution is 5.95. The summed E-state index contributed by atoms with van der Waals surface area (Å²) in [6.07, 6.45) is 0.815. The number of pyridine rings is 1. The largest absolute Gasteiger partial charge is 0.478 e. The highest BCUT2D eigenvalue weighted by atomic mass is 16.5. The van der Waals surface area contributed by atoms with E-state index in [1.54, 1.807) is 20.1 Å². The van der Waals surface area contributed by atoms with Crippen molar-refractivity contribution in [3.05, 3.63) is 23.0 Å².